The Balaban J connectivity index is 0. The third-order valence-electron chi connectivity index (χ3n) is 1.02. The summed E-state index contributed by atoms with van der Waals surface area (Å²) < 4.78 is 0. The number of hydrogen-bond donors (Lipinski definition) is 2. The molecule has 0 atom stereocenters. The van der Waals surface area contributed by atoms with E-state index in [9.17, 15) is 4.79 Å². The van der Waals surface area contributed by atoms with E-state index in [4.69, 9.17) is 5.11 Å². The van der Waals surface area contributed by atoms with Gasteiger partial charge in [-0.25, -0.2) is 4.79 Å². The second kappa shape index (κ2) is 9.32. The van der Waals surface area contributed by atoms with Gasteiger partial charge in [0.05, 0.1) is 0 Å². The van der Waals surface area contributed by atoms with E-state index in [2.05, 4.69) is 26.1 Å². The maximum absolute atomic E-state index is 10.1. The second-order valence-electron chi connectivity index (χ2n) is 3.54. The lowest BCUT2D eigenvalue weighted by Gasteiger charge is -2.10. The van der Waals surface area contributed by atoms with Crippen LogP contribution < -0.4 is 5.32 Å². The fraction of sp³-hybridized carbons (Fsp3) is 0.889. The Morgan fingerprint density at radius 3 is 2.08 bits per heavy atom. The van der Waals surface area contributed by atoms with Gasteiger partial charge in [-0.1, -0.05) is 20.8 Å². The summed E-state index contributed by atoms with van der Waals surface area (Å²) in [5, 5.41) is 11.2. The molecule has 0 aromatic carbocycles. The molecule has 0 radical (unpaired) electrons. The number of carbonyl (C=O) groups is 1. The van der Waals surface area contributed by atoms with Crippen LogP contribution in [0.1, 0.15) is 20.8 Å². The summed E-state index contributed by atoms with van der Waals surface area (Å²) in [6.07, 6.45) is -0.884. The smallest absolute Gasteiger partial charge is 0.407 e. The van der Waals surface area contributed by atoms with E-state index in [0.29, 0.717) is 13.1 Å². The Hall–Kier alpha value is -0.770. The van der Waals surface area contributed by atoms with Crippen LogP contribution in [0.4, 0.5) is 4.79 Å². The molecule has 80 valence electrons. The maximum atomic E-state index is 10.1. The van der Waals surface area contributed by atoms with Crippen LogP contribution in [0.15, 0.2) is 0 Å². The van der Waals surface area contributed by atoms with Crippen LogP contribution in [0.2, 0.25) is 0 Å². The minimum Gasteiger partial charge on any atom is -0.465 e. The highest BCUT2D eigenvalue weighted by molar-refractivity contribution is 5.64. The van der Waals surface area contributed by atoms with Gasteiger partial charge in [0.1, 0.15) is 0 Å². The van der Waals surface area contributed by atoms with Crippen LogP contribution in [-0.4, -0.2) is 43.3 Å². The number of rotatable bonds is 3. The number of carboxylic acid groups (broad SMARTS) is 1. The van der Waals surface area contributed by atoms with Crippen molar-refractivity contribution in [3.8, 4) is 0 Å². The number of likely N-dealkylation sites (N-methyl/N-ethyl adjacent to an activating group) is 2. The van der Waals surface area contributed by atoms with Gasteiger partial charge in [-0.15, -0.1) is 0 Å². The number of nitrogens with zero attached hydrogens (tertiary/aromatic N) is 1. The van der Waals surface area contributed by atoms with Crippen molar-refractivity contribution in [3.05, 3.63) is 0 Å². The van der Waals surface area contributed by atoms with Gasteiger partial charge in [0, 0.05) is 20.1 Å². The third-order valence-corrected chi connectivity index (χ3v) is 1.02. The second-order valence-corrected chi connectivity index (χ2v) is 3.54. The third kappa shape index (κ3) is 18.3. The lowest BCUT2D eigenvalue weighted by Crippen LogP contribution is -2.31. The Bertz CT molecular complexity index is 124. The predicted octanol–water partition coefficient (Wildman–Crippen LogP) is 1.48. The molecule has 0 saturated carbocycles. The molecule has 0 unspecified atom stereocenters. The maximum Gasteiger partial charge on any atom is 0.407 e. The molecule has 4 nitrogen and oxygen atoms in total. The van der Waals surface area contributed by atoms with Gasteiger partial charge in [0.2, 0.25) is 0 Å². The first-order chi connectivity index (χ1) is 5.91. The molecule has 0 aromatic rings. The summed E-state index contributed by atoms with van der Waals surface area (Å²) in [5.41, 5.74) is 0. The molecule has 1 amide bonds. The van der Waals surface area contributed by atoms with E-state index < -0.39 is 6.09 Å². The Labute approximate surface area is 80.9 Å². The molecule has 0 aliphatic rings. The first kappa shape index (κ1) is 14.7. The van der Waals surface area contributed by atoms with Crippen molar-refractivity contribution in [2.24, 2.45) is 5.92 Å². The molecule has 13 heavy (non-hydrogen) atoms. The molecule has 0 aromatic heterocycles. The largest absolute Gasteiger partial charge is 0.465 e. The van der Waals surface area contributed by atoms with Gasteiger partial charge >= 0.3 is 6.09 Å². The van der Waals surface area contributed by atoms with Crippen LogP contribution in [-0.2, 0) is 0 Å². The van der Waals surface area contributed by atoms with E-state index in [1.54, 1.807) is 14.1 Å². The lowest BCUT2D eigenvalue weighted by atomic mass is 10.3. The van der Waals surface area contributed by atoms with E-state index in [0.717, 1.165) is 5.92 Å². The van der Waals surface area contributed by atoms with Crippen molar-refractivity contribution in [3.63, 3.8) is 0 Å². The zero-order valence-electron chi connectivity index (χ0n) is 9.29. The summed E-state index contributed by atoms with van der Waals surface area (Å²) in [6, 6.07) is 0. The monoisotopic (exact) mass is 190 g/mol. The molecular formula is C9H22N2O2. The summed E-state index contributed by atoms with van der Waals surface area (Å²) in [7, 11) is 3.33. The first-order valence-electron chi connectivity index (χ1n) is 4.50. The summed E-state index contributed by atoms with van der Waals surface area (Å²) in [4.78, 5) is 11.3. The van der Waals surface area contributed by atoms with Crippen molar-refractivity contribution >= 4 is 6.09 Å². The van der Waals surface area contributed by atoms with Crippen LogP contribution in [0, 0.1) is 5.92 Å². The number of amides is 1. The van der Waals surface area contributed by atoms with Crippen LogP contribution in [0.3, 0.4) is 0 Å². The van der Waals surface area contributed by atoms with Crippen molar-refractivity contribution in [2.45, 2.75) is 20.8 Å². The molecule has 0 heterocycles. The van der Waals surface area contributed by atoms with Crippen LogP contribution in [0.5, 0.6) is 0 Å². The quantitative estimate of drug-likeness (QED) is 0.708. The number of hydrogen-bond acceptors (Lipinski definition) is 2. The highest BCUT2D eigenvalue weighted by atomic mass is 16.4. The predicted molar refractivity (Wildman–Crippen MR) is 55.1 cm³/mol. The average Bonchev–Trinajstić information content (AvgIpc) is 1.98. The average molecular weight is 190 g/mol. The lowest BCUT2D eigenvalue weighted by molar-refractivity contribution is 0.156. The van der Waals surface area contributed by atoms with E-state index >= 15 is 0 Å². The highest BCUT2D eigenvalue weighted by Crippen LogP contribution is 1.81. The van der Waals surface area contributed by atoms with E-state index in [1.165, 1.54) is 4.90 Å². The topological polar surface area (TPSA) is 52.6 Å². The molecule has 0 aliphatic carbocycles. The summed E-state index contributed by atoms with van der Waals surface area (Å²) in [5.74, 6) is 0.833. The molecule has 0 bridgehead atoms. The molecule has 4 heteroatoms. The Morgan fingerprint density at radius 2 is 1.85 bits per heavy atom. The SMILES string of the molecule is CC(C)C.CNCCN(C)C(=O)O. The number of nitrogens with one attached hydrogen (secondary N) is 1. The molecule has 2 N–H and O–H groups in total. The van der Waals surface area contributed by atoms with Gasteiger partial charge < -0.3 is 15.3 Å². The van der Waals surface area contributed by atoms with Gasteiger partial charge in [-0.05, 0) is 13.0 Å². The zero-order valence-corrected chi connectivity index (χ0v) is 9.29. The Kier molecular flexibility index (Phi) is 10.6. The molecular weight excluding hydrogens is 168 g/mol. The molecule has 0 fully saturated rings. The highest BCUT2D eigenvalue weighted by Gasteiger charge is 2.01. The van der Waals surface area contributed by atoms with Crippen molar-refractivity contribution in [1.29, 1.82) is 0 Å². The minimum atomic E-state index is -0.884. The molecule has 0 spiro atoms. The molecule has 0 rings (SSSR count). The van der Waals surface area contributed by atoms with Gasteiger partial charge in [0.25, 0.3) is 0 Å². The zero-order chi connectivity index (χ0) is 10.9. The van der Waals surface area contributed by atoms with Crippen LogP contribution in [0.25, 0.3) is 0 Å². The van der Waals surface area contributed by atoms with Gasteiger partial charge in [0.15, 0.2) is 0 Å². The van der Waals surface area contributed by atoms with Gasteiger partial charge in [-0.3, -0.25) is 0 Å². The van der Waals surface area contributed by atoms with Crippen molar-refractivity contribution in [2.75, 3.05) is 27.2 Å². The van der Waals surface area contributed by atoms with E-state index in [-0.39, 0.29) is 0 Å². The van der Waals surface area contributed by atoms with Crippen molar-refractivity contribution in [1.82, 2.24) is 10.2 Å². The first-order valence-corrected chi connectivity index (χ1v) is 4.50. The normalized spacial score (nSPS) is 9.08. The summed E-state index contributed by atoms with van der Waals surface area (Å²) >= 11 is 0. The molecule has 0 saturated heterocycles. The Morgan fingerprint density at radius 1 is 1.46 bits per heavy atom. The van der Waals surface area contributed by atoms with Crippen molar-refractivity contribution < 1.29 is 9.90 Å². The minimum absolute atomic E-state index is 0.534. The standard InChI is InChI=1S/C5H12N2O2.C4H10/c1-6-3-4-7(2)5(8)9;1-4(2)3/h6H,3-4H2,1-2H3,(H,8,9);4H,1-3H3. The fourth-order valence-electron chi connectivity index (χ4n) is 0.375. The fourth-order valence-corrected chi connectivity index (χ4v) is 0.375. The van der Waals surface area contributed by atoms with E-state index in [1.807, 2.05) is 0 Å². The summed E-state index contributed by atoms with van der Waals surface area (Å²) in [6.45, 7) is 7.73. The molecule has 0 aliphatic heterocycles. The van der Waals surface area contributed by atoms with Gasteiger partial charge in [-0.2, -0.15) is 0 Å². The van der Waals surface area contributed by atoms with Crippen LogP contribution >= 0.6 is 0 Å².